The van der Waals surface area contributed by atoms with E-state index in [1.165, 1.54) is 0 Å². The van der Waals surface area contributed by atoms with E-state index in [0.717, 1.165) is 22.4 Å². The summed E-state index contributed by atoms with van der Waals surface area (Å²) < 4.78 is 1.74. The van der Waals surface area contributed by atoms with Crippen molar-refractivity contribution in [2.24, 2.45) is 7.05 Å². The molecule has 0 saturated carbocycles. The van der Waals surface area contributed by atoms with Gasteiger partial charge in [0.05, 0.1) is 17.2 Å². The fourth-order valence-corrected chi connectivity index (χ4v) is 3.71. The van der Waals surface area contributed by atoms with Crippen LogP contribution in [0.15, 0.2) is 36.8 Å². The topological polar surface area (TPSA) is 67.1 Å². The van der Waals surface area contributed by atoms with Gasteiger partial charge in [0.25, 0.3) is 0 Å². The van der Waals surface area contributed by atoms with E-state index in [1.54, 1.807) is 17.2 Å². The van der Waals surface area contributed by atoms with Gasteiger partial charge >= 0.3 is 0 Å². The van der Waals surface area contributed by atoms with Gasteiger partial charge in [0.1, 0.15) is 12.1 Å². The molecule has 4 rings (SSSR count). The monoisotopic (exact) mass is 343 g/mol. The number of aromatic nitrogens is 4. The van der Waals surface area contributed by atoms with Gasteiger partial charge in [0, 0.05) is 30.7 Å². The molecule has 0 unspecified atom stereocenters. The third-order valence-corrected chi connectivity index (χ3v) is 5.10. The van der Waals surface area contributed by atoms with E-state index in [2.05, 4.69) is 20.0 Å². The second kappa shape index (κ2) is 5.72. The van der Waals surface area contributed by atoms with Crippen molar-refractivity contribution < 1.29 is 5.11 Å². The first kappa shape index (κ1) is 15.4. The molecule has 0 radical (unpaired) electrons. The van der Waals surface area contributed by atoms with Crippen LogP contribution >= 0.6 is 11.6 Å². The molecule has 7 heteroatoms. The molecule has 3 aromatic rings. The van der Waals surface area contributed by atoms with Gasteiger partial charge in [-0.25, -0.2) is 9.97 Å². The standard InChI is InChI=1S/C17H18ClN5O/c1-22-15-12(10-21-22)16(20-11-19-15)23-8-6-17(24,7-9-23)13-4-2-3-5-14(13)18/h2-5,10-11,24H,6-9H2,1H3. The van der Waals surface area contributed by atoms with Crippen molar-refractivity contribution in [3.63, 3.8) is 0 Å². The molecular formula is C17H18ClN5O. The summed E-state index contributed by atoms with van der Waals surface area (Å²) in [5.41, 5.74) is 0.725. The van der Waals surface area contributed by atoms with Crippen LogP contribution in [0.25, 0.3) is 11.0 Å². The van der Waals surface area contributed by atoms with E-state index in [-0.39, 0.29) is 0 Å². The lowest BCUT2D eigenvalue weighted by Gasteiger charge is -2.39. The van der Waals surface area contributed by atoms with Gasteiger partial charge in [-0.3, -0.25) is 4.68 Å². The highest BCUT2D eigenvalue weighted by molar-refractivity contribution is 6.31. The molecule has 6 nitrogen and oxygen atoms in total. The van der Waals surface area contributed by atoms with Crippen molar-refractivity contribution in [2.75, 3.05) is 18.0 Å². The Kier molecular flexibility index (Phi) is 3.66. The van der Waals surface area contributed by atoms with Crippen LogP contribution in [0.3, 0.4) is 0 Å². The minimum Gasteiger partial charge on any atom is -0.385 e. The number of aliphatic hydroxyl groups is 1. The summed E-state index contributed by atoms with van der Waals surface area (Å²) in [4.78, 5) is 10.9. The quantitative estimate of drug-likeness (QED) is 0.774. The molecule has 0 aliphatic carbocycles. The predicted octanol–water partition coefficient (Wildman–Crippen LogP) is 2.50. The van der Waals surface area contributed by atoms with Crippen molar-refractivity contribution in [1.82, 2.24) is 19.7 Å². The first-order chi connectivity index (χ1) is 11.6. The molecule has 2 aromatic heterocycles. The van der Waals surface area contributed by atoms with Crippen LogP contribution in [0.1, 0.15) is 18.4 Å². The Balaban J connectivity index is 1.61. The van der Waals surface area contributed by atoms with E-state index >= 15 is 0 Å². The fourth-order valence-electron chi connectivity index (χ4n) is 3.40. The number of anilines is 1. The zero-order valence-electron chi connectivity index (χ0n) is 13.4. The third kappa shape index (κ3) is 2.42. The van der Waals surface area contributed by atoms with Gasteiger partial charge < -0.3 is 10.0 Å². The van der Waals surface area contributed by atoms with Gasteiger partial charge in [0.15, 0.2) is 5.65 Å². The number of nitrogens with zero attached hydrogens (tertiary/aromatic N) is 5. The van der Waals surface area contributed by atoms with Gasteiger partial charge in [0.2, 0.25) is 0 Å². The molecule has 0 amide bonds. The average Bonchev–Trinajstić information content (AvgIpc) is 2.97. The molecule has 24 heavy (non-hydrogen) atoms. The molecular weight excluding hydrogens is 326 g/mol. The number of fused-ring (bicyclic) bond motifs is 1. The second-order valence-electron chi connectivity index (χ2n) is 6.20. The van der Waals surface area contributed by atoms with Crippen LogP contribution in [-0.4, -0.2) is 37.9 Å². The largest absolute Gasteiger partial charge is 0.385 e. The van der Waals surface area contributed by atoms with Gasteiger partial charge in [-0.15, -0.1) is 0 Å². The minimum absolute atomic E-state index is 0.600. The summed E-state index contributed by atoms with van der Waals surface area (Å²) in [5.74, 6) is 0.870. The van der Waals surface area contributed by atoms with E-state index in [0.29, 0.717) is 31.0 Å². The third-order valence-electron chi connectivity index (χ3n) is 4.77. The van der Waals surface area contributed by atoms with Crippen molar-refractivity contribution in [2.45, 2.75) is 18.4 Å². The Morgan fingerprint density at radius 3 is 2.67 bits per heavy atom. The number of aryl methyl sites for hydroxylation is 1. The smallest absolute Gasteiger partial charge is 0.163 e. The summed E-state index contributed by atoms with van der Waals surface area (Å²) in [6.45, 7) is 1.39. The Hall–Kier alpha value is -2.18. The van der Waals surface area contributed by atoms with Crippen LogP contribution < -0.4 is 4.90 Å². The molecule has 0 bridgehead atoms. The van der Waals surface area contributed by atoms with Crippen LogP contribution in [0, 0.1) is 0 Å². The van der Waals surface area contributed by atoms with Crippen molar-refractivity contribution in [1.29, 1.82) is 0 Å². The molecule has 0 spiro atoms. The number of benzene rings is 1. The lowest BCUT2D eigenvalue weighted by atomic mass is 9.84. The van der Waals surface area contributed by atoms with Crippen molar-refractivity contribution >= 4 is 28.5 Å². The predicted molar refractivity (Wildman–Crippen MR) is 93.1 cm³/mol. The van der Waals surface area contributed by atoms with E-state index in [1.807, 2.05) is 31.3 Å². The van der Waals surface area contributed by atoms with Gasteiger partial charge in [-0.1, -0.05) is 29.8 Å². The number of rotatable bonds is 2. The highest BCUT2D eigenvalue weighted by Gasteiger charge is 2.36. The van der Waals surface area contributed by atoms with Gasteiger partial charge in [-0.2, -0.15) is 5.10 Å². The summed E-state index contributed by atoms with van der Waals surface area (Å²) in [6.07, 6.45) is 4.55. The van der Waals surface area contributed by atoms with E-state index < -0.39 is 5.60 Å². The maximum atomic E-state index is 11.0. The number of halogens is 1. The van der Waals surface area contributed by atoms with Crippen LogP contribution in [0.2, 0.25) is 5.02 Å². The molecule has 3 heterocycles. The molecule has 1 aromatic carbocycles. The fraction of sp³-hybridized carbons (Fsp3) is 0.353. The molecule has 0 atom stereocenters. The number of hydrogen-bond acceptors (Lipinski definition) is 5. The lowest BCUT2D eigenvalue weighted by molar-refractivity contribution is 0.0118. The van der Waals surface area contributed by atoms with Crippen LogP contribution in [0.4, 0.5) is 5.82 Å². The Morgan fingerprint density at radius 1 is 1.17 bits per heavy atom. The number of piperidine rings is 1. The maximum Gasteiger partial charge on any atom is 0.163 e. The molecule has 1 saturated heterocycles. The summed E-state index contributed by atoms with van der Waals surface area (Å²) in [7, 11) is 1.87. The Labute approximate surface area is 144 Å². The lowest BCUT2D eigenvalue weighted by Crippen LogP contribution is -2.43. The molecule has 124 valence electrons. The van der Waals surface area contributed by atoms with Crippen LogP contribution in [-0.2, 0) is 12.6 Å². The normalized spacial score (nSPS) is 17.4. The first-order valence-electron chi connectivity index (χ1n) is 7.93. The number of hydrogen-bond donors (Lipinski definition) is 1. The summed E-state index contributed by atoms with van der Waals surface area (Å²) in [5, 5.41) is 16.9. The van der Waals surface area contributed by atoms with Gasteiger partial charge in [-0.05, 0) is 18.9 Å². The zero-order valence-corrected chi connectivity index (χ0v) is 14.1. The average molecular weight is 344 g/mol. The Bertz CT molecular complexity index is 886. The summed E-state index contributed by atoms with van der Waals surface area (Å²) >= 11 is 6.28. The van der Waals surface area contributed by atoms with Crippen molar-refractivity contribution in [3.05, 3.63) is 47.4 Å². The Morgan fingerprint density at radius 2 is 1.92 bits per heavy atom. The summed E-state index contributed by atoms with van der Waals surface area (Å²) in [6, 6.07) is 7.52. The van der Waals surface area contributed by atoms with E-state index in [4.69, 9.17) is 11.6 Å². The SMILES string of the molecule is Cn1ncc2c(N3CCC(O)(c4ccccc4Cl)CC3)ncnc21. The first-order valence-corrected chi connectivity index (χ1v) is 8.31. The minimum atomic E-state index is -0.893. The van der Waals surface area contributed by atoms with Crippen molar-refractivity contribution in [3.8, 4) is 0 Å². The highest BCUT2D eigenvalue weighted by atomic mass is 35.5. The molecule has 1 aliphatic heterocycles. The second-order valence-corrected chi connectivity index (χ2v) is 6.61. The maximum absolute atomic E-state index is 11.0. The highest BCUT2D eigenvalue weighted by Crippen LogP contribution is 2.38. The molecule has 1 N–H and O–H groups in total. The van der Waals surface area contributed by atoms with E-state index in [9.17, 15) is 5.11 Å². The van der Waals surface area contributed by atoms with Crippen LogP contribution in [0.5, 0.6) is 0 Å². The zero-order chi connectivity index (χ0) is 16.7. The molecule has 1 aliphatic rings. The molecule has 1 fully saturated rings.